The first-order chi connectivity index (χ1) is 11.6. The third kappa shape index (κ3) is 2.96. The van der Waals surface area contributed by atoms with E-state index < -0.39 is 0 Å². The molecule has 24 heavy (non-hydrogen) atoms. The van der Waals surface area contributed by atoms with Gasteiger partial charge in [-0.15, -0.1) is 0 Å². The third-order valence-corrected chi connectivity index (χ3v) is 4.77. The number of aromatic amines is 1. The van der Waals surface area contributed by atoms with Crippen molar-refractivity contribution in [2.24, 2.45) is 0 Å². The van der Waals surface area contributed by atoms with E-state index in [1.54, 1.807) is 0 Å². The Labute approximate surface area is 146 Å². The minimum Gasteiger partial charge on any atom is -0.356 e. The van der Waals surface area contributed by atoms with E-state index in [0.29, 0.717) is 16.9 Å². The number of halogens is 1. The summed E-state index contributed by atoms with van der Waals surface area (Å²) >= 11 is 6.09. The van der Waals surface area contributed by atoms with Gasteiger partial charge in [0.2, 0.25) is 0 Å². The summed E-state index contributed by atoms with van der Waals surface area (Å²) in [6.45, 7) is 5.86. The van der Waals surface area contributed by atoms with Crippen LogP contribution in [0.15, 0.2) is 24.3 Å². The van der Waals surface area contributed by atoms with Gasteiger partial charge >= 0.3 is 0 Å². The average Bonchev–Trinajstić information content (AvgIpc) is 2.97. The summed E-state index contributed by atoms with van der Waals surface area (Å²) in [6.07, 6.45) is 2.24. The van der Waals surface area contributed by atoms with Gasteiger partial charge in [0.15, 0.2) is 0 Å². The van der Waals surface area contributed by atoms with Crippen molar-refractivity contribution in [3.05, 3.63) is 46.6 Å². The predicted molar refractivity (Wildman–Crippen MR) is 96.8 cm³/mol. The molecule has 1 aliphatic heterocycles. The number of anilines is 1. The molecule has 124 valence electrons. The Morgan fingerprint density at radius 2 is 2.04 bits per heavy atom. The Kier molecular flexibility index (Phi) is 3.88. The summed E-state index contributed by atoms with van der Waals surface area (Å²) in [5.74, 6) is 3.06. The fourth-order valence-corrected chi connectivity index (χ4v) is 3.64. The molecule has 1 saturated heterocycles. The summed E-state index contributed by atoms with van der Waals surface area (Å²) < 4.78 is 0. The number of H-pyrrole nitrogens is 1. The van der Waals surface area contributed by atoms with Crippen molar-refractivity contribution in [1.29, 1.82) is 0 Å². The van der Waals surface area contributed by atoms with E-state index in [4.69, 9.17) is 16.6 Å². The second-order valence-corrected chi connectivity index (χ2v) is 6.91. The number of imidazole rings is 1. The van der Waals surface area contributed by atoms with Gasteiger partial charge in [0.05, 0.1) is 11.0 Å². The zero-order valence-electron chi connectivity index (χ0n) is 13.9. The van der Waals surface area contributed by atoms with Gasteiger partial charge in [-0.25, -0.2) is 15.0 Å². The van der Waals surface area contributed by atoms with Crippen LogP contribution in [0.3, 0.4) is 0 Å². The lowest BCUT2D eigenvalue weighted by atomic mass is 9.97. The van der Waals surface area contributed by atoms with Crippen LogP contribution in [-0.2, 0) is 0 Å². The van der Waals surface area contributed by atoms with Crippen LogP contribution in [0.1, 0.15) is 36.0 Å². The normalized spacial score (nSPS) is 18.3. The van der Waals surface area contributed by atoms with Crippen molar-refractivity contribution >= 4 is 28.5 Å². The number of nitrogens with zero attached hydrogens (tertiary/aromatic N) is 4. The summed E-state index contributed by atoms with van der Waals surface area (Å²) in [6, 6.07) is 8.18. The van der Waals surface area contributed by atoms with Crippen molar-refractivity contribution in [1.82, 2.24) is 19.9 Å². The number of aromatic nitrogens is 4. The molecule has 6 heteroatoms. The van der Waals surface area contributed by atoms with Crippen LogP contribution in [0.5, 0.6) is 0 Å². The Balaban J connectivity index is 1.61. The molecule has 0 bridgehead atoms. The SMILES string of the molecule is Cc1ccc2nc([C@@H]3CCCN(c4cc(Cl)nc(C)n4)C3)[nH]c2c1. The van der Waals surface area contributed by atoms with E-state index >= 15 is 0 Å². The van der Waals surface area contributed by atoms with Crippen LogP contribution in [0, 0.1) is 13.8 Å². The van der Waals surface area contributed by atoms with E-state index in [9.17, 15) is 0 Å². The minimum absolute atomic E-state index is 0.375. The second kappa shape index (κ2) is 6.06. The molecular weight excluding hydrogens is 322 g/mol. The first kappa shape index (κ1) is 15.4. The summed E-state index contributed by atoms with van der Waals surface area (Å²) in [5, 5.41) is 0.499. The van der Waals surface area contributed by atoms with Crippen LogP contribution in [0.4, 0.5) is 5.82 Å². The Morgan fingerprint density at radius 3 is 2.88 bits per heavy atom. The molecular formula is C18H20ClN5. The van der Waals surface area contributed by atoms with Crippen molar-refractivity contribution in [3.8, 4) is 0 Å². The molecule has 1 aliphatic rings. The number of hydrogen-bond donors (Lipinski definition) is 1. The van der Waals surface area contributed by atoms with E-state index in [-0.39, 0.29) is 0 Å². The zero-order valence-corrected chi connectivity index (χ0v) is 14.6. The Hall–Kier alpha value is -2.14. The third-order valence-electron chi connectivity index (χ3n) is 4.58. The molecule has 0 amide bonds. The number of piperidine rings is 1. The maximum absolute atomic E-state index is 6.09. The van der Waals surface area contributed by atoms with E-state index in [1.165, 1.54) is 5.56 Å². The van der Waals surface area contributed by atoms with Gasteiger partial charge in [-0.1, -0.05) is 17.7 Å². The molecule has 0 saturated carbocycles. The quantitative estimate of drug-likeness (QED) is 0.715. The lowest BCUT2D eigenvalue weighted by molar-refractivity contribution is 0.492. The standard InChI is InChI=1S/C18H20ClN5/c1-11-5-6-14-15(8-11)23-18(22-14)13-4-3-7-24(10-13)17-9-16(19)20-12(2)21-17/h5-6,8-9,13H,3-4,7,10H2,1-2H3,(H,22,23)/t13-/m1/s1. The molecule has 1 aromatic carbocycles. The first-order valence-electron chi connectivity index (χ1n) is 8.31. The second-order valence-electron chi connectivity index (χ2n) is 6.52. The topological polar surface area (TPSA) is 57.7 Å². The Morgan fingerprint density at radius 1 is 1.17 bits per heavy atom. The van der Waals surface area contributed by atoms with Crippen molar-refractivity contribution < 1.29 is 0 Å². The van der Waals surface area contributed by atoms with Crippen LogP contribution in [0.25, 0.3) is 11.0 Å². The number of fused-ring (bicyclic) bond motifs is 1. The fourth-order valence-electron chi connectivity index (χ4n) is 3.42. The number of rotatable bonds is 2. The highest BCUT2D eigenvalue weighted by Gasteiger charge is 2.25. The molecule has 1 N–H and O–H groups in total. The smallest absolute Gasteiger partial charge is 0.134 e. The van der Waals surface area contributed by atoms with Gasteiger partial charge in [0.25, 0.3) is 0 Å². The predicted octanol–water partition coefficient (Wildman–Crippen LogP) is 4.01. The number of hydrogen-bond acceptors (Lipinski definition) is 4. The number of nitrogens with one attached hydrogen (secondary N) is 1. The number of aryl methyl sites for hydroxylation is 2. The molecule has 1 fully saturated rings. The highest BCUT2D eigenvalue weighted by Crippen LogP contribution is 2.29. The van der Waals surface area contributed by atoms with E-state index in [1.807, 2.05) is 13.0 Å². The highest BCUT2D eigenvalue weighted by atomic mass is 35.5. The summed E-state index contributed by atoms with van der Waals surface area (Å²) in [7, 11) is 0. The van der Waals surface area contributed by atoms with Gasteiger partial charge in [-0.3, -0.25) is 0 Å². The van der Waals surface area contributed by atoms with Gasteiger partial charge < -0.3 is 9.88 Å². The largest absolute Gasteiger partial charge is 0.356 e. The van der Waals surface area contributed by atoms with Crippen LogP contribution >= 0.6 is 11.6 Å². The summed E-state index contributed by atoms with van der Waals surface area (Å²) in [5.41, 5.74) is 3.39. The lowest BCUT2D eigenvalue weighted by Crippen LogP contribution is -2.35. The Bertz CT molecular complexity index is 868. The molecule has 0 radical (unpaired) electrons. The molecule has 3 heterocycles. The monoisotopic (exact) mass is 341 g/mol. The van der Waals surface area contributed by atoms with Crippen LogP contribution < -0.4 is 4.90 Å². The molecule has 3 aromatic rings. The number of benzene rings is 1. The maximum Gasteiger partial charge on any atom is 0.134 e. The molecule has 5 nitrogen and oxygen atoms in total. The molecule has 0 aliphatic carbocycles. The van der Waals surface area contributed by atoms with E-state index in [2.05, 4.69) is 45.0 Å². The zero-order chi connectivity index (χ0) is 16.7. The highest BCUT2D eigenvalue weighted by molar-refractivity contribution is 6.29. The van der Waals surface area contributed by atoms with Gasteiger partial charge in [0.1, 0.15) is 22.6 Å². The van der Waals surface area contributed by atoms with Crippen LogP contribution in [-0.4, -0.2) is 33.0 Å². The minimum atomic E-state index is 0.375. The lowest BCUT2D eigenvalue weighted by Gasteiger charge is -2.32. The van der Waals surface area contributed by atoms with Crippen LogP contribution in [0.2, 0.25) is 5.15 Å². The van der Waals surface area contributed by atoms with Crippen molar-refractivity contribution in [3.63, 3.8) is 0 Å². The molecule has 1 atom stereocenters. The van der Waals surface area contributed by atoms with Gasteiger partial charge in [-0.05, 0) is 44.4 Å². The summed E-state index contributed by atoms with van der Waals surface area (Å²) in [4.78, 5) is 19.3. The molecule has 0 unspecified atom stereocenters. The molecule has 4 rings (SSSR count). The van der Waals surface area contributed by atoms with Crippen molar-refractivity contribution in [2.75, 3.05) is 18.0 Å². The van der Waals surface area contributed by atoms with Gasteiger partial charge in [0, 0.05) is 25.1 Å². The maximum atomic E-state index is 6.09. The first-order valence-corrected chi connectivity index (χ1v) is 8.69. The van der Waals surface area contributed by atoms with E-state index in [0.717, 1.165) is 48.6 Å². The van der Waals surface area contributed by atoms with Gasteiger partial charge in [-0.2, -0.15) is 0 Å². The molecule has 2 aromatic heterocycles. The fraction of sp³-hybridized carbons (Fsp3) is 0.389. The average molecular weight is 342 g/mol. The molecule has 0 spiro atoms. The van der Waals surface area contributed by atoms with Crippen molar-refractivity contribution in [2.45, 2.75) is 32.6 Å².